The average molecular weight is 343 g/mol. The number of carbonyl (C=O) groups is 2. The van der Waals surface area contributed by atoms with Gasteiger partial charge in [-0.15, -0.1) is 0 Å². The molecule has 8 heteroatoms. The third-order valence-electron chi connectivity index (χ3n) is 4.08. The summed E-state index contributed by atoms with van der Waals surface area (Å²) in [4.78, 5) is 34.4. The Hall–Kier alpha value is -3.03. The first-order valence-electron chi connectivity index (χ1n) is 7.81. The Labute approximate surface area is 144 Å². The summed E-state index contributed by atoms with van der Waals surface area (Å²) in [5.41, 5.74) is 1.74. The van der Waals surface area contributed by atoms with Crippen LogP contribution in [0.25, 0.3) is 0 Å². The molecule has 0 saturated heterocycles. The van der Waals surface area contributed by atoms with Gasteiger partial charge < -0.3 is 15.5 Å². The number of halogens is 1. The van der Waals surface area contributed by atoms with Crippen LogP contribution in [0.3, 0.4) is 0 Å². The van der Waals surface area contributed by atoms with E-state index in [9.17, 15) is 14.0 Å². The SMILES string of the molecule is CNc1ncc(CN(C)C(=O)[C@@H]2CC(=O)Nc3ccc(F)cc32)cn1. The summed E-state index contributed by atoms with van der Waals surface area (Å²) in [6.07, 6.45) is 3.25. The van der Waals surface area contributed by atoms with Gasteiger partial charge in [0, 0.05) is 50.7 Å². The Bertz CT molecular complexity index is 809. The maximum atomic E-state index is 13.6. The number of nitrogens with zero attached hydrogens (tertiary/aromatic N) is 3. The van der Waals surface area contributed by atoms with E-state index >= 15 is 0 Å². The molecule has 2 N–H and O–H groups in total. The largest absolute Gasteiger partial charge is 0.357 e. The van der Waals surface area contributed by atoms with Gasteiger partial charge in [0.2, 0.25) is 17.8 Å². The Morgan fingerprint density at radius 2 is 2.12 bits per heavy atom. The number of rotatable bonds is 4. The fraction of sp³-hybridized carbons (Fsp3) is 0.294. The molecular weight excluding hydrogens is 325 g/mol. The number of carbonyl (C=O) groups excluding carboxylic acids is 2. The number of amides is 2. The normalized spacial score (nSPS) is 16.0. The van der Waals surface area contributed by atoms with Gasteiger partial charge in [0.15, 0.2) is 0 Å². The zero-order valence-corrected chi connectivity index (χ0v) is 13.9. The molecule has 130 valence electrons. The van der Waals surface area contributed by atoms with Gasteiger partial charge in [-0.2, -0.15) is 0 Å². The van der Waals surface area contributed by atoms with Crippen molar-refractivity contribution in [3.8, 4) is 0 Å². The fourth-order valence-corrected chi connectivity index (χ4v) is 2.84. The van der Waals surface area contributed by atoms with Crippen molar-refractivity contribution in [2.45, 2.75) is 18.9 Å². The van der Waals surface area contributed by atoms with E-state index in [0.717, 1.165) is 5.56 Å². The molecule has 0 saturated carbocycles. The van der Waals surface area contributed by atoms with E-state index in [-0.39, 0.29) is 18.2 Å². The van der Waals surface area contributed by atoms with E-state index in [0.29, 0.717) is 23.7 Å². The number of likely N-dealkylation sites (N-methyl/N-ethyl adjacent to an activating group) is 1. The highest BCUT2D eigenvalue weighted by atomic mass is 19.1. The Morgan fingerprint density at radius 1 is 1.40 bits per heavy atom. The van der Waals surface area contributed by atoms with Crippen molar-refractivity contribution in [2.75, 3.05) is 24.7 Å². The van der Waals surface area contributed by atoms with E-state index < -0.39 is 11.7 Å². The molecule has 1 aromatic heterocycles. The van der Waals surface area contributed by atoms with Crippen molar-refractivity contribution in [1.82, 2.24) is 14.9 Å². The Balaban J connectivity index is 1.80. The second-order valence-electron chi connectivity index (χ2n) is 5.90. The van der Waals surface area contributed by atoms with Crippen LogP contribution in [0.15, 0.2) is 30.6 Å². The predicted octanol–water partition coefficient (Wildman–Crippen LogP) is 1.74. The van der Waals surface area contributed by atoms with Crippen LogP contribution >= 0.6 is 0 Å². The molecule has 25 heavy (non-hydrogen) atoms. The first kappa shape index (κ1) is 16.8. The van der Waals surface area contributed by atoms with Crippen LogP contribution in [0.2, 0.25) is 0 Å². The van der Waals surface area contributed by atoms with Crippen LogP contribution in [0.1, 0.15) is 23.5 Å². The summed E-state index contributed by atoms with van der Waals surface area (Å²) in [6, 6.07) is 4.04. The number of benzene rings is 1. The molecule has 0 bridgehead atoms. The summed E-state index contributed by atoms with van der Waals surface area (Å²) in [6.45, 7) is 0.297. The molecule has 0 radical (unpaired) electrons. The zero-order chi connectivity index (χ0) is 18.0. The van der Waals surface area contributed by atoms with Gasteiger partial charge in [-0.05, 0) is 23.8 Å². The molecule has 0 aliphatic carbocycles. The van der Waals surface area contributed by atoms with E-state index in [1.54, 1.807) is 26.5 Å². The Morgan fingerprint density at radius 3 is 2.80 bits per heavy atom. The van der Waals surface area contributed by atoms with Crippen LogP contribution < -0.4 is 10.6 Å². The standard InChI is InChI=1S/C17H18FN5O2/c1-19-17-20-7-10(8-21-17)9-23(2)16(25)13-6-15(24)22-14-4-3-11(18)5-12(13)14/h3-5,7-8,13H,6,9H2,1-2H3,(H,22,24)(H,19,20,21)/t13-/m1/s1. The first-order chi connectivity index (χ1) is 12.0. The van der Waals surface area contributed by atoms with Crippen LogP contribution in [0.4, 0.5) is 16.0 Å². The molecular formula is C17H18FN5O2. The van der Waals surface area contributed by atoms with E-state index in [2.05, 4.69) is 20.6 Å². The van der Waals surface area contributed by atoms with Crippen molar-refractivity contribution >= 4 is 23.5 Å². The lowest BCUT2D eigenvalue weighted by atomic mass is 9.89. The lowest BCUT2D eigenvalue weighted by Gasteiger charge is -2.28. The second-order valence-corrected chi connectivity index (χ2v) is 5.90. The minimum Gasteiger partial charge on any atom is -0.357 e. The molecule has 3 rings (SSSR count). The number of hydrogen-bond acceptors (Lipinski definition) is 5. The number of nitrogens with one attached hydrogen (secondary N) is 2. The third kappa shape index (κ3) is 3.57. The molecule has 2 heterocycles. The maximum absolute atomic E-state index is 13.6. The molecule has 1 aliphatic rings. The lowest BCUT2D eigenvalue weighted by Crippen LogP contribution is -2.36. The third-order valence-corrected chi connectivity index (χ3v) is 4.08. The summed E-state index contributed by atoms with van der Waals surface area (Å²) in [5, 5.41) is 5.49. The summed E-state index contributed by atoms with van der Waals surface area (Å²) in [5.74, 6) is -1.16. The molecule has 7 nitrogen and oxygen atoms in total. The number of aromatic nitrogens is 2. The molecule has 0 unspecified atom stereocenters. The predicted molar refractivity (Wildman–Crippen MR) is 90.4 cm³/mol. The number of fused-ring (bicyclic) bond motifs is 1. The van der Waals surface area contributed by atoms with E-state index in [1.165, 1.54) is 23.1 Å². The van der Waals surface area contributed by atoms with Crippen molar-refractivity contribution in [1.29, 1.82) is 0 Å². The zero-order valence-electron chi connectivity index (χ0n) is 13.9. The van der Waals surface area contributed by atoms with Gasteiger partial charge in [-0.3, -0.25) is 9.59 Å². The van der Waals surface area contributed by atoms with Gasteiger partial charge in [-0.1, -0.05) is 0 Å². The monoisotopic (exact) mass is 343 g/mol. The lowest BCUT2D eigenvalue weighted by molar-refractivity contribution is -0.134. The smallest absolute Gasteiger partial charge is 0.230 e. The van der Waals surface area contributed by atoms with Crippen LogP contribution in [-0.2, 0) is 16.1 Å². The van der Waals surface area contributed by atoms with Crippen LogP contribution in [-0.4, -0.2) is 40.8 Å². The summed E-state index contributed by atoms with van der Waals surface area (Å²) >= 11 is 0. The highest BCUT2D eigenvalue weighted by molar-refractivity contribution is 6.01. The highest BCUT2D eigenvalue weighted by Crippen LogP contribution is 2.34. The van der Waals surface area contributed by atoms with Crippen molar-refractivity contribution in [3.63, 3.8) is 0 Å². The minimum atomic E-state index is -0.707. The molecule has 2 aromatic rings. The Kier molecular flexibility index (Phi) is 4.60. The van der Waals surface area contributed by atoms with E-state index in [4.69, 9.17) is 0 Å². The molecule has 1 aliphatic heterocycles. The topological polar surface area (TPSA) is 87.2 Å². The van der Waals surface area contributed by atoms with Gasteiger partial charge in [0.1, 0.15) is 5.82 Å². The van der Waals surface area contributed by atoms with Gasteiger partial charge in [0.05, 0.1) is 5.92 Å². The first-order valence-corrected chi connectivity index (χ1v) is 7.81. The van der Waals surface area contributed by atoms with E-state index in [1.807, 2.05) is 0 Å². The molecule has 0 fully saturated rings. The van der Waals surface area contributed by atoms with Crippen molar-refractivity contribution < 1.29 is 14.0 Å². The summed E-state index contributed by atoms with van der Waals surface area (Å²) in [7, 11) is 3.36. The quantitative estimate of drug-likeness (QED) is 0.883. The van der Waals surface area contributed by atoms with Gasteiger partial charge in [0.25, 0.3) is 0 Å². The minimum absolute atomic E-state index is 0.00514. The highest BCUT2D eigenvalue weighted by Gasteiger charge is 2.32. The number of hydrogen-bond donors (Lipinski definition) is 2. The second kappa shape index (κ2) is 6.84. The van der Waals surface area contributed by atoms with Crippen molar-refractivity contribution in [2.24, 2.45) is 0 Å². The van der Waals surface area contributed by atoms with Crippen molar-refractivity contribution in [3.05, 3.63) is 47.5 Å². The van der Waals surface area contributed by atoms with Gasteiger partial charge >= 0.3 is 0 Å². The maximum Gasteiger partial charge on any atom is 0.230 e. The molecule has 1 atom stereocenters. The fourth-order valence-electron chi connectivity index (χ4n) is 2.84. The molecule has 2 amide bonds. The average Bonchev–Trinajstić information content (AvgIpc) is 2.61. The van der Waals surface area contributed by atoms with Gasteiger partial charge in [-0.25, -0.2) is 14.4 Å². The molecule has 0 spiro atoms. The van der Waals surface area contributed by atoms with Crippen LogP contribution in [0.5, 0.6) is 0 Å². The number of anilines is 2. The van der Waals surface area contributed by atoms with Crippen LogP contribution in [0, 0.1) is 5.82 Å². The summed E-state index contributed by atoms with van der Waals surface area (Å²) < 4.78 is 13.6. The molecule has 1 aromatic carbocycles.